The van der Waals surface area contributed by atoms with Gasteiger partial charge in [0.25, 0.3) is 11.8 Å². The van der Waals surface area contributed by atoms with E-state index >= 15 is 0 Å². The van der Waals surface area contributed by atoms with Crippen LogP contribution in [0.15, 0.2) is 72.9 Å². The van der Waals surface area contributed by atoms with E-state index in [1.807, 2.05) is 24.3 Å². The van der Waals surface area contributed by atoms with E-state index in [0.717, 1.165) is 31.6 Å². The van der Waals surface area contributed by atoms with Gasteiger partial charge in [-0.2, -0.15) is 4.98 Å². The zero-order valence-corrected chi connectivity index (χ0v) is 27.4. The summed E-state index contributed by atoms with van der Waals surface area (Å²) in [7, 11) is 3.17. The number of halogens is 1. The normalized spacial score (nSPS) is 13.7. The molecule has 13 heteroatoms. The Hall–Kier alpha value is -5.36. The second kappa shape index (κ2) is 14.4. The first kappa shape index (κ1) is 33.0. The zero-order chi connectivity index (χ0) is 33.6. The van der Waals surface area contributed by atoms with Gasteiger partial charge in [0.2, 0.25) is 11.9 Å². The molecule has 244 valence electrons. The van der Waals surface area contributed by atoms with Gasteiger partial charge in [-0.15, -0.1) is 0 Å². The lowest BCUT2D eigenvalue weighted by Gasteiger charge is -2.41. The van der Waals surface area contributed by atoms with Crippen molar-refractivity contribution in [3.63, 3.8) is 0 Å². The van der Waals surface area contributed by atoms with E-state index in [1.165, 1.54) is 13.1 Å². The van der Waals surface area contributed by atoms with Crippen molar-refractivity contribution in [3.05, 3.63) is 89.1 Å². The van der Waals surface area contributed by atoms with Crippen LogP contribution in [0.4, 0.5) is 34.5 Å². The quantitative estimate of drug-likeness (QED) is 0.144. The van der Waals surface area contributed by atoms with E-state index in [0.29, 0.717) is 39.8 Å². The van der Waals surface area contributed by atoms with Crippen molar-refractivity contribution >= 4 is 63.8 Å². The van der Waals surface area contributed by atoms with Crippen LogP contribution < -0.4 is 36.2 Å². The highest BCUT2D eigenvalue weighted by molar-refractivity contribution is 6.33. The van der Waals surface area contributed by atoms with Gasteiger partial charge >= 0.3 is 0 Å². The van der Waals surface area contributed by atoms with E-state index in [2.05, 4.69) is 48.4 Å². The second-order valence-corrected chi connectivity index (χ2v) is 11.8. The SMILES string of the molecule is CNC(=O)c1ccccc1Nc1nc(Nc2ccc(N3CCC(C)(NC(=O)c4ccc(NC(C)=O)cc4)CC3)cc2OC)ncc1Cl. The maximum atomic E-state index is 13.0. The number of benzene rings is 3. The van der Waals surface area contributed by atoms with Crippen molar-refractivity contribution in [2.45, 2.75) is 32.2 Å². The van der Waals surface area contributed by atoms with Crippen LogP contribution in [0.25, 0.3) is 0 Å². The number of rotatable bonds is 10. The Labute approximate surface area is 278 Å². The number of methoxy groups -OCH3 is 1. The van der Waals surface area contributed by atoms with Gasteiger partial charge in [0.05, 0.1) is 30.2 Å². The minimum absolute atomic E-state index is 0.147. The van der Waals surface area contributed by atoms with E-state index in [1.54, 1.807) is 56.6 Å². The fourth-order valence-electron chi connectivity index (χ4n) is 5.31. The van der Waals surface area contributed by atoms with Crippen LogP contribution in [0, 0.1) is 0 Å². The molecule has 1 aliphatic rings. The number of ether oxygens (including phenoxy) is 1. The number of para-hydroxylation sites is 1. The molecule has 12 nitrogen and oxygen atoms in total. The number of hydrogen-bond acceptors (Lipinski definition) is 9. The number of aromatic nitrogens is 2. The number of nitrogens with zero attached hydrogens (tertiary/aromatic N) is 3. The van der Waals surface area contributed by atoms with Crippen LogP contribution >= 0.6 is 11.6 Å². The first-order chi connectivity index (χ1) is 22.6. The van der Waals surface area contributed by atoms with Crippen LogP contribution in [-0.4, -0.2) is 60.5 Å². The van der Waals surface area contributed by atoms with Crippen LogP contribution in [0.5, 0.6) is 5.75 Å². The summed E-state index contributed by atoms with van der Waals surface area (Å²) in [5.74, 6) is 0.675. The highest BCUT2D eigenvalue weighted by atomic mass is 35.5. The molecule has 0 unspecified atom stereocenters. The molecule has 0 atom stereocenters. The molecule has 47 heavy (non-hydrogen) atoms. The molecule has 0 spiro atoms. The summed E-state index contributed by atoms with van der Waals surface area (Å²) in [6.07, 6.45) is 2.98. The third-order valence-electron chi connectivity index (χ3n) is 7.94. The molecule has 4 aromatic rings. The first-order valence-electron chi connectivity index (χ1n) is 15.1. The topological polar surface area (TPSA) is 150 Å². The number of carbonyl (C=O) groups excluding carboxylic acids is 3. The Balaban J connectivity index is 1.23. The fourth-order valence-corrected chi connectivity index (χ4v) is 5.44. The molecule has 1 fully saturated rings. The van der Waals surface area contributed by atoms with Gasteiger partial charge in [0.1, 0.15) is 10.8 Å². The standard InChI is InChI=1S/C34H37ClN8O4/c1-21(44)38-23-11-9-22(10-12-23)31(45)42-34(2)15-17-43(18-16-34)24-13-14-28(29(19-24)47-4)40-33-37-20-26(35)30(41-33)39-27-8-6-5-7-25(27)32(46)36-3/h5-14,19-20H,15-18H2,1-4H3,(H,36,46)(H,38,44)(H,42,45)(H2,37,39,40,41). The Morgan fingerprint density at radius 1 is 0.936 bits per heavy atom. The second-order valence-electron chi connectivity index (χ2n) is 11.4. The summed E-state index contributed by atoms with van der Waals surface area (Å²) in [5, 5.41) is 15.2. The van der Waals surface area contributed by atoms with Gasteiger partial charge < -0.3 is 36.2 Å². The number of anilines is 6. The molecular formula is C34H37ClN8O4. The molecular weight excluding hydrogens is 620 g/mol. The summed E-state index contributed by atoms with van der Waals surface area (Å²) in [5.41, 5.74) is 3.47. The molecule has 0 radical (unpaired) electrons. The Bertz CT molecular complexity index is 1770. The summed E-state index contributed by atoms with van der Waals surface area (Å²) in [6, 6.07) is 19.8. The van der Waals surface area contributed by atoms with Gasteiger partial charge in [-0.25, -0.2) is 4.98 Å². The van der Waals surface area contributed by atoms with Crippen LogP contribution in [0.1, 0.15) is 47.4 Å². The number of hydrogen-bond donors (Lipinski definition) is 5. The minimum atomic E-state index is -0.367. The molecule has 1 aromatic heterocycles. The van der Waals surface area contributed by atoms with E-state index in [9.17, 15) is 14.4 Å². The van der Waals surface area contributed by atoms with Crippen molar-refractivity contribution in [2.75, 3.05) is 48.1 Å². The highest BCUT2D eigenvalue weighted by Crippen LogP contribution is 2.35. The summed E-state index contributed by atoms with van der Waals surface area (Å²) >= 11 is 6.40. The molecule has 1 saturated heterocycles. The lowest BCUT2D eigenvalue weighted by atomic mass is 9.89. The van der Waals surface area contributed by atoms with Gasteiger partial charge in [-0.05, 0) is 68.3 Å². The van der Waals surface area contributed by atoms with Crippen molar-refractivity contribution in [2.24, 2.45) is 0 Å². The zero-order valence-electron chi connectivity index (χ0n) is 26.6. The molecule has 2 heterocycles. The summed E-state index contributed by atoms with van der Waals surface area (Å²) < 4.78 is 5.71. The molecule has 0 saturated carbocycles. The van der Waals surface area contributed by atoms with Gasteiger partial charge in [0, 0.05) is 55.6 Å². The smallest absolute Gasteiger partial charge is 0.253 e. The van der Waals surface area contributed by atoms with Crippen molar-refractivity contribution in [3.8, 4) is 5.75 Å². The predicted octanol–water partition coefficient (Wildman–Crippen LogP) is 5.73. The van der Waals surface area contributed by atoms with E-state index < -0.39 is 0 Å². The third-order valence-corrected chi connectivity index (χ3v) is 8.22. The van der Waals surface area contributed by atoms with Crippen molar-refractivity contribution in [1.29, 1.82) is 0 Å². The molecule has 5 N–H and O–H groups in total. The lowest BCUT2D eigenvalue weighted by molar-refractivity contribution is -0.114. The maximum absolute atomic E-state index is 13.0. The highest BCUT2D eigenvalue weighted by Gasteiger charge is 2.32. The summed E-state index contributed by atoms with van der Waals surface area (Å²) in [6.45, 7) is 4.98. The minimum Gasteiger partial charge on any atom is -0.494 e. The third kappa shape index (κ3) is 8.08. The summed E-state index contributed by atoms with van der Waals surface area (Å²) in [4.78, 5) is 47.7. The molecule has 3 aromatic carbocycles. The fraction of sp³-hybridized carbons (Fsp3) is 0.265. The molecule has 0 aliphatic carbocycles. The lowest BCUT2D eigenvalue weighted by Crippen LogP contribution is -2.53. The monoisotopic (exact) mass is 656 g/mol. The van der Waals surface area contributed by atoms with E-state index in [4.69, 9.17) is 16.3 Å². The van der Waals surface area contributed by atoms with Gasteiger partial charge in [0.15, 0.2) is 5.82 Å². The van der Waals surface area contributed by atoms with Crippen LogP contribution in [-0.2, 0) is 4.79 Å². The Morgan fingerprint density at radius 3 is 2.34 bits per heavy atom. The van der Waals surface area contributed by atoms with Crippen LogP contribution in [0.3, 0.4) is 0 Å². The number of piperidine rings is 1. The molecule has 0 bridgehead atoms. The predicted molar refractivity (Wildman–Crippen MR) is 184 cm³/mol. The van der Waals surface area contributed by atoms with E-state index in [-0.39, 0.29) is 34.2 Å². The number of nitrogens with one attached hydrogen (secondary N) is 5. The van der Waals surface area contributed by atoms with Gasteiger partial charge in [-0.1, -0.05) is 23.7 Å². The molecule has 3 amide bonds. The van der Waals surface area contributed by atoms with Crippen molar-refractivity contribution < 1.29 is 19.1 Å². The van der Waals surface area contributed by atoms with Crippen LogP contribution in [0.2, 0.25) is 5.02 Å². The first-order valence-corrected chi connectivity index (χ1v) is 15.5. The number of amides is 3. The molecule has 5 rings (SSSR count). The Morgan fingerprint density at radius 2 is 1.66 bits per heavy atom. The molecule has 1 aliphatic heterocycles. The average molecular weight is 657 g/mol. The average Bonchev–Trinajstić information content (AvgIpc) is 3.06. The number of carbonyl (C=O) groups is 3. The largest absolute Gasteiger partial charge is 0.494 e. The van der Waals surface area contributed by atoms with Gasteiger partial charge in [-0.3, -0.25) is 14.4 Å². The maximum Gasteiger partial charge on any atom is 0.253 e. The Kier molecular flexibility index (Phi) is 10.1. The van der Waals surface area contributed by atoms with Crippen molar-refractivity contribution in [1.82, 2.24) is 20.6 Å².